The molecule has 0 aromatic heterocycles. The number of rotatable bonds is 4. The molecular formula is C13H15N3O4. The van der Waals surface area contributed by atoms with E-state index in [-0.39, 0.29) is 17.3 Å². The SMILES string of the molecule is C=CCC1CNc2cc(C(=O)OC)cc([N+](=O)[O-])c2N1. The molecule has 1 aromatic carbocycles. The second-order valence-corrected chi connectivity index (χ2v) is 4.41. The van der Waals surface area contributed by atoms with E-state index in [1.165, 1.54) is 13.2 Å². The number of ether oxygens (including phenoxy) is 1. The molecule has 1 aliphatic heterocycles. The Hall–Kier alpha value is -2.57. The maximum Gasteiger partial charge on any atom is 0.338 e. The molecule has 0 saturated carbocycles. The first-order chi connectivity index (χ1) is 9.56. The monoisotopic (exact) mass is 277 g/mol. The topological polar surface area (TPSA) is 93.5 Å². The minimum atomic E-state index is -0.606. The van der Waals surface area contributed by atoms with Crippen LogP contribution in [0.2, 0.25) is 0 Å². The van der Waals surface area contributed by atoms with Crippen molar-refractivity contribution in [1.82, 2.24) is 0 Å². The van der Waals surface area contributed by atoms with Gasteiger partial charge in [-0.05, 0) is 12.5 Å². The number of esters is 1. The largest absolute Gasteiger partial charge is 0.465 e. The van der Waals surface area contributed by atoms with Crippen LogP contribution in [0.5, 0.6) is 0 Å². The van der Waals surface area contributed by atoms with Crippen LogP contribution < -0.4 is 10.6 Å². The van der Waals surface area contributed by atoms with Crippen LogP contribution in [0.1, 0.15) is 16.8 Å². The van der Waals surface area contributed by atoms with E-state index in [9.17, 15) is 14.9 Å². The molecule has 0 fully saturated rings. The number of nitrogens with one attached hydrogen (secondary N) is 2. The lowest BCUT2D eigenvalue weighted by molar-refractivity contribution is -0.384. The average Bonchev–Trinajstić information content (AvgIpc) is 2.45. The molecule has 0 amide bonds. The van der Waals surface area contributed by atoms with E-state index in [1.54, 1.807) is 12.1 Å². The Balaban J connectivity index is 2.45. The number of benzene rings is 1. The average molecular weight is 277 g/mol. The highest BCUT2D eigenvalue weighted by Gasteiger charge is 2.27. The van der Waals surface area contributed by atoms with Gasteiger partial charge in [-0.15, -0.1) is 6.58 Å². The van der Waals surface area contributed by atoms with Crippen molar-refractivity contribution in [2.45, 2.75) is 12.5 Å². The Morgan fingerprint density at radius 3 is 3.00 bits per heavy atom. The van der Waals surface area contributed by atoms with Crippen molar-refractivity contribution in [2.24, 2.45) is 0 Å². The second-order valence-electron chi connectivity index (χ2n) is 4.41. The zero-order chi connectivity index (χ0) is 14.7. The number of methoxy groups -OCH3 is 1. The van der Waals surface area contributed by atoms with E-state index in [4.69, 9.17) is 0 Å². The number of nitro benzene ring substituents is 1. The van der Waals surface area contributed by atoms with Gasteiger partial charge in [0.1, 0.15) is 5.69 Å². The highest BCUT2D eigenvalue weighted by Crippen LogP contribution is 2.37. The third kappa shape index (κ3) is 2.56. The van der Waals surface area contributed by atoms with Gasteiger partial charge in [-0.1, -0.05) is 6.08 Å². The van der Waals surface area contributed by atoms with Crippen LogP contribution in [0.3, 0.4) is 0 Å². The van der Waals surface area contributed by atoms with E-state index in [2.05, 4.69) is 21.9 Å². The molecule has 7 nitrogen and oxygen atoms in total. The van der Waals surface area contributed by atoms with Gasteiger partial charge in [0.15, 0.2) is 0 Å². The Morgan fingerprint density at radius 2 is 2.40 bits per heavy atom. The van der Waals surface area contributed by atoms with Gasteiger partial charge in [-0.25, -0.2) is 4.79 Å². The molecule has 1 aromatic rings. The van der Waals surface area contributed by atoms with Gasteiger partial charge < -0.3 is 15.4 Å². The van der Waals surface area contributed by atoms with Crippen molar-refractivity contribution in [3.63, 3.8) is 0 Å². The summed E-state index contributed by atoms with van der Waals surface area (Å²) in [5.74, 6) is -0.606. The van der Waals surface area contributed by atoms with Gasteiger partial charge in [0, 0.05) is 18.7 Å². The van der Waals surface area contributed by atoms with Crippen LogP contribution in [-0.4, -0.2) is 30.6 Å². The number of nitro groups is 1. The van der Waals surface area contributed by atoms with Crippen LogP contribution in [0.25, 0.3) is 0 Å². The zero-order valence-corrected chi connectivity index (χ0v) is 11.0. The fraction of sp³-hybridized carbons (Fsp3) is 0.308. The van der Waals surface area contributed by atoms with Crippen molar-refractivity contribution < 1.29 is 14.5 Å². The first kappa shape index (κ1) is 13.9. The van der Waals surface area contributed by atoms with E-state index >= 15 is 0 Å². The Morgan fingerprint density at radius 1 is 1.65 bits per heavy atom. The second kappa shape index (κ2) is 5.60. The summed E-state index contributed by atoms with van der Waals surface area (Å²) >= 11 is 0. The number of carbonyl (C=O) groups excluding carboxylic acids is 1. The molecule has 1 unspecified atom stereocenters. The van der Waals surface area contributed by atoms with Gasteiger partial charge in [-0.2, -0.15) is 0 Å². The molecule has 2 rings (SSSR count). The molecule has 0 bridgehead atoms. The Bertz CT molecular complexity index is 571. The van der Waals surface area contributed by atoms with Crippen molar-refractivity contribution in [1.29, 1.82) is 0 Å². The highest BCUT2D eigenvalue weighted by molar-refractivity contribution is 5.95. The predicted molar refractivity (Wildman–Crippen MR) is 75.2 cm³/mol. The van der Waals surface area contributed by atoms with E-state index in [1.807, 2.05) is 0 Å². The van der Waals surface area contributed by atoms with Crippen LogP contribution in [-0.2, 0) is 4.74 Å². The first-order valence-corrected chi connectivity index (χ1v) is 6.09. The third-order valence-corrected chi connectivity index (χ3v) is 3.07. The molecular weight excluding hydrogens is 262 g/mol. The molecule has 1 aliphatic rings. The Labute approximate surface area is 115 Å². The van der Waals surface area contributed by atoms with Crippen LogP contribution >= 0.6 is 0 Å². The zero-order valence-electron chi connectivity index (χ0n) is 11.0. The van der Waals surface area contributed by atoms with Gasteiger partial charge in [0.05, 0.1) is 23.3 Å². The number of fused-ring (bicyclic) bond motifs is 1. The minimum absolute atomic E-state index is 0.0303. The third-order valence-electron chi connectivity index (χ3n) is 3.07. The number of hydrogen-bond donors (Lipinski definition) is 2. The van der Waals surface area contributed by atoms with E-state index in [0.29, 0.717) is 24.3 Å². The van der Waals surface area contributed by atoms with Gasteiger partial charge in [-0.3, -0.25) is 10.1 Å². The highest BCUT2D eigenvalue weighted by atomic mass is 16.6. The standard InChI is InChI=1S/C13H15N3O4/c1-3-4-9-7-14-10-5-8(13(17)20-2)6-11(16(18)19)12(10)15-9/h3,5-6,9,14-15H,1,4,7H2,2H3. The summed E-state index contributed by atoms with van der Waals surface area (Å²) < 4.78 is 4.60. The van der Waals surface area contributed by atoms with Crippen LogP contribution in [0.15, 0.2) is 24.8 Å². The quantitative estimate of drug-likeness (QED) is 0.379. The van der Waals surface area contributed by atoms with Gasteiger partial charge in [0.25, 0.3) is 5.69 Å². The molecule has 2 N–H and O–H groups in total. The number of nitrogens with zero attached hydrogens (tertiary/aromatic N) is 1. The molecule has 1 heterocycles. The van der Waals surface area contributed by atoms with Crippen molar-refractivity contribution in [3.05, 3.63) is 40.5 Å². The van der Waals surface area contributed by atoms with Gasteiger partial charge >= 0.3 is 5.97 Å². The fourth-order valence-electron chi connectivity index (χ4n) is 2.13. The van der Waals surface area contributed by atoms with Crippen molar-refractivity contribution in [2.75, 3.05) is 24.3 Å². The summed E-state index contributed by atoms with van der Waals surface area (Å²) in [6.07, 6.45) is 2.43. The minimum Gasteiger partial charge on any atom is -0.465 e. The van der Waals surface area contributed by atoms with Crippen molar-refractivity contribution in [3.8, 4) is 0 Å². The summed E-state index contributed by atoms with van der Waals surface area (Å²) in [4.78, 5) is 22.2. The molecule has 7 heteroatoms. The molecule has 20 heavy (non-hydrogen) atoms. The summed E-state index contributed by atoms with van der Waals surface area (Å²) in [5.41, 5.74) is 0.916. The first-order valence-electron chi connectivity index (χ1n) is 6.09. The summed E-state index contributed by atoms with van der Waals surface area (Å²) in [7, 11) is 1.24. The number of carbonyl (C=O) groups is 1. The summed E-state index contributed by atoms with van der Waals surface area (Å²) in [6, 6.07) is 2.80. The lowest BCUT2D eigenvalue weighted by Gasteiger charge is -2.27. The maximum absolute atomic E-state index is 11.5. The smallest absolute Gasteiger partial charge is 0.338 e. The molecule has 0 saturated heterocycles. The predicted octanol–water partition coefficient (Wildman–Crippen LogP) is 2.16. The van der Waals surface area contributed by atoms with Crippen molar-refractivity contribution >= 4 is 23.0 Å². The summed E-state index contributed by atoms with van der Waals surface area (Å²) in [6.45, 7) is 4.25. The fourth-order valence-corrected chi connectivity index (χ4v) is 2.13. The van der Waals surface area contributed by atoms with Gasteiger partial charge in [0.2, 0.25) is 0 Å². The molecule has 1 atom stereocenters. The summed E-state index contributed by atoms with van der Waals surface area (Å²) in [5, 5.41) is 17.4. The molecule has 0 spiro atoms. The maximum atomic E-state index is 11.5. The molecule has 106 valence electrons. The number of hydrogen-bond acceptors (Lipinski definition) is 6. The lowest BCUT2D eigenvalue weighted by atomic mass is 10.1. The van der Waals surface area contributed by atoms with Crippen LogP contribution in [0, 0.1) is 10.1 Å². The molecule has 0 radical (unpaired) electrons. The lowest BCUT2D eigenvalue weighted by Crippen LogP contribution is -2.33. The Kier molecular flexibility index (Phi) is 3.88. The number of anilines is 2. The molecule has 0 aliphatic carbocycles. The van der Waals surface area contributed by atoms with E-state index < -0.39 is 10.9 Å². The van der Waals surface area contributed by atoms with E-state index in [0.717, 1.165) is 0 Å². The normalized spacial score (nSPS) is 16.4. The van der Waals surface area contributed by atoms with Crippen LogP contribution in [0.4, 0.5) is 17.1 Å².